The Labute approximate surface area is 139 Å². The van der Waals surface area contributed by atoms with Crippen LogP contribution in [0, 0.1) is 20.8 Å². The molecule has 0 N–H and O–H groups in total. The van der Waals surface area contributed by atoms with E-state index in [1.807, 2.05) is 31.2 Å². The van der Waals surface area contributed by atoms with Gasteiger partial charge >= 0.3 is 0 Å². The topological polar surface area (TPSA) is 34.4 Å². The molecule has 4 heteroatoms. The number of nitrogens with zero attached hydrogens (tertiary/aromatic N) is 2. The average Bonchev–Trinajstić information content (AvgIpc) is 2.51. The molecule has 3 aromatic rings. The number of aromatic nitrogens is 2. The fourth-order valence-corrected chi connectivity index (χ4v) is 2.63. The van der Waals surface area contributed by atoms with Crippen molar-refractivity contribution in [1.82, 2.24) is 9.38 Å². The summed E-state index contributed by atoms with van der Waals surface area (Å²) in [4.78, 5) is 16.7. The van der Waals surface area contributed by atoms with Gasteiger partial charge in [-0.1, -0.05) is 35.9 Å². The molecule has 1 aromatic carbocycles. The van der Waals surface area contributed by atoms with Gasteiger partial charge in [0, 0.05) is 12.3 Å². The number of fused-ring (bicyclic) bond motifs is 1. The lowest BCUT2D eigenvalue weighted by molar-refractivity contribution is 1.02. The van der Waals surface area contributed by atoms with Crippen LogP contribution >= 0.6 is 11.6 Å². The summed E-state index contributed by atoms with van der Waals surface area (Å²) < 4.78 is 1.53. The Morgan fingerprint density at radius 2 is 1.87 bits per heavy atom. The zero-order valence-corrected chi connectivity index (χ0v) is 14.1. The molecular weight excluding hydrogens is 308 g/mol. The van der Waals surface area contributed by atoms with Crippen molar-refractivity contribution < 1.29 is 0 Å². The summed E-state index contributed by atoms with van der Waals surface area (Å²) in [6, 6.07) is 11.3. The highest BCUT2D eigenvalue weighted by Gasteiger charge is 2.06. The first-order chi connectivity index (χ1) is 10.9. The van der Waals surface area contributed by atoms with Crippen molar-refractivity contribution >= 4 is 28.4 Å². The van der Waals surface area contributed by atoms with Gasteiger partial charge in [-0.05, 0) is 55.2 Å². The maximum atomic E-state index is 12.2. The molecule has 0 amide bonds. The molecule has 0 unspecified atom stereocenters. The molecule has 3 rings (SSSR count). The van der Waals surface area contributed by atoms with Crippen LogP contribution in [0.4, 0.5) is 0 Å². The predicted molar refractivity (Wildman–Crippen MR) is 95.8 cm³/mol. The normalized spacial score (nSPS) is 11.9. The summed E-state index contributed by atoms with van der Waals surface area (Å²) in [5.74, 6) is 0. The first-order valence-electron chi connectivity index (χ1n) is 7.39. The number of halogens is 1. The Morgan fingerprint density at radius 3 is 2.61 bits per heavy atom. The molecule has 23 heavy (non-hydrogen) atoms. The third-order valence-electron chi connectivity index (χ3n) is 3.88. The zero-order chi connectivity index (χ0) is 16.6. The second-order valence-corrected chi connectivity index (χ2v) is 6.16. The van der Waals surface area contributed by atoms with E-state index in [9.17, 15) is 4.79 Å². The van der Waals surface area contributed by atoms with E-state index in [0.29, 0.717) is 16.4 Å². The third kappa shape index (κ3) is 3.20. The van der Waals surface area contributed by atoms with Crippen LogP contribution in [0.1, 0.15) is 27.9 Å². The van der Waals surface area contributed by atoms with E-state index in [2.05, 4.69) is 31.0 Å². The number of hydrogen-bond donors (Lipinski definition) is 0. The van der Waals surface area contributed by atoms with Crippen LogP contribution < -0.4 is 5.56 Å². The van der Waals surface area contributed by atoms with Gasteiger partial charge in [-0.25, -0.2) is 4.98 Å². The Kier molecular flexibility index (Phi) is 4.05. The van der Waals surface area contributed by atoms with Crippen molar-refractivity contribution in [1.29, 1.82) is 0 Å². The monoisotopic (exact) mass is 324 g/mol. The Bertz CT molecular complexity index is 986. The third-order valence-corrected chi connectivity index (χ3v) is 4.18. The summed E-state index contributed by atoms with van der Waals surface area (Å²) in [6.45, 7) is 6.06. The Hall–Kier alpha value is -2.39. The number of pyridine rings is 1. The highest BCUT2D eigenvalue weighted by atomic mass is 35.5. The molecule has 0 aliphatic rings. The number of rotatable bonds is 2. The quantitative estimate of drug-likeness (QED) is 0.702. The number of aryl methyl sites for hydroxylation is 3. The van der Waals surface area contributed by atoms with Crippen molar-refractivity contribution in [2.75, 3.05) is 0 Å². The lowest BCUT2D eigenvalue weighted by Crippen LogP contribution is -2.15. The summed E-state index contributed by atoms with van der Waals surface area (Å²) in [6.07, 6.45) is 3.61. The van der Waals surface area contributed by atoms with E-state index in [1.165, 1.54) is 21.6 Å². The standard InChI is InChI=1S/C19H17ClN2O/c1-12-4-7-18-21-17(10-19(23)22(18)11-12)16(20)9-15-6-5-13(2)14(3)8-15/h4-11H,1-3H3. The first kappa shape index (κ1) is 15.5. The van der Waals surface area contributed by atoms with Crippen LogP contribution in [0.3, 0.4) is 0 Å². The van der Waals surface area contributed by atoms with Gasteiger partial charge in [0.15, 0.2) is 0 Å². The Morgan fingerprint density at radius 1 is 1.09 bits per heavy atom. The van der Waals surface area contributed by atoms with E-state index in [-0.39, 0.29) is 5.56 Å². The van der Waals surface area contributed by atoms with Crippen LogP contribution in [-0.4, -0.2) is 9.38 Å². The molecule has 2 heterocycles. The summed E-state index contributed by atoms with van der Waals surface area (Å²) in [5.41, 5.74) is 5.36. The molecule has 0 radical (unpaired) electrons. The highest BCUT2D eigenvalue weighted by Crippen LogP contribution is 2.21. The van der Waals surface area contributed by atoms with Gasteiger partial charge < -0.3 is 0 Å². The van der Waals surface area contributed by atoms with E-state index in [0.717, 1.165) is 11.1 Å². The minimum Gasteiger partial charge on any atom is -0.269 e. The molecule has 0 spiro atoms. The van der Waals surface area contributed by atoms with Gasteiger partial charge in [-0.2, -0.15) is 0 Å². The highest BCUT2D eigenvalue weighted by molar-refractivity contribution is 6.51. The molecule has 0 saturated carbocycles. The van der Waals surface area contributed by atoms with Gasteiger partial charge in [0.05, 0.1) is 10.7 Å². The Balaban J connectivity index is 2.08. The predicted octanol–water partition coefficient (Wildman–Crippen LogP) is 4.36. The second-order valence-electron chi connectivity index (χ2n) is 5.75. The molecule has 0 atom stereocenters. The lowest BCUT2D eigenvalue weighted by atomic mass is 10.1. The fourth-order valence-electron chi connectivity index (χ4n) is 2.41. The number of hydrogen-bond acceptors (Lipinski definition) is 2. The maximum absolute atomic E-state index is 12.2. The molecule has 0 bridgehead atoms. The molecule has 3 nitrogen and oxygen atoms in total. The van der Waals surface area contributed by atoms with E-state index in [1.54, 1.807) is 6.20 Å². The van der Waals surface area contributed by atoms with E-state index >= 15 is 0 Å². The fraction of sp³-hybridized carbons (Fsp3) is 0.158. The minimum atomic E-state index is -0.139. The zero-order valence-electron chi connectivity index (χ0n) is 13.3. The van der Waals surface area contributed by atoms with Crippen molar-refractivity contribution in [2.45, 2.75) is 20.8 Å². The second kappa shape index (κ2) is 6.01. The summed E-state index contributed by atoms with van der Waals surface area (Å²) in [5, 5.41) is 0.452. The van der Waals surface area contributed by atoms with Crippen molar-refractivity contribution in [2.24, 2.45) is 0 Å². The maximum Gasteiger partial charge on any atom is 0.258 e. The summed E-state index contributed by atoms with van der Waals surface area (Å²) >= 11 is 6.39. The number of benzene rings is 1. The average molecular weight is 325 g/mol. The van der Waals surface area contributed by atoms with E-state index in [4.69, 9.17) is 11.6 Å². The van der Waals surface area contributed by atoms with Crippen LogP contribution in [0.15, 0.2) is 47.4 Å². The van der Waals surface area contributed by atoms with Gasteiger partial charge in [0.25, 0.3) is 5.56 Å². The minimum absolute atomic E-state index is 0.139. The van der Waals surface area contributed by atoms with Gasteiger partial charge in [-0.15, -0.1) is 0 Å². The van der Waals surface area contributed by atoms with Crippen LogP contribution in [0.25, 0.3) is 16.8 Å². The molecule has 0 aliphatic carbocycles. The first-order valence-corrected chi connectivity index (χ1v) is 7.77. The smallest absolute Gasteiger partial charge is 0.258 e. The largest absolute Gasteiger partial charge is 0.269 e. The van der Waals surface area contributed by atoms with Crippen molar-refractivity contribution in [3.63, 3.8) is 0 Å². The molecule has 0 aliphatic heterocycles. The van der Waals surface area contributed by atoms with Gasteiger partial charge in [0.1, 0.15) is 5.65 Å². The van der Waals surface area contributed by atoms with E-state index < -0.39 is 0 Å². The van der Waals surface area contributed by atoms with Crippen LogP contribution in [0.5, 0.6) is 0 Å². The lowest BCUT2D eigenvalue weighted by Gasteiger charge is -2.05. The van der Waals surface area contributed by atoms with Crippen molar-refractivity contribution in [3.8, 4) is 0 Å². The molecule has 0 fully saturated rings. The molecular formula is C19H17ClN2O. The van der Waals surface area contributed by atoms with Crippen LogP contribution in [-0.2, 0) is 0 Å². The molecule has 2 aromatic heterocycles. The molecule has 0 saturated heterocycles. The van der Waals surface area contributed by atoms with Crippen LogP contribution in [0.2, 0.25) is 0 Å². The van der Waals surface area contributed by atoms with Gasteiger partial charge in [0.2, 0.25) is 0 Å². The SMILES string of the molecule is Cc1ccc2nc(C(Cl)=Cc3ccc(C)c(C)c3)cc(=O)n2c1. The van der Waals surface area contributed by atoms with Crippen molar-refractivity contribution in [3.05, 3.63) is 80.9 Å². The molecule has 116 valence electrons. The summed E-state index contributed by atoms with van der Waals surface area (Å²) in [7, 11) is 0. The van der Waals surface area contributed by atoms with Gasteiger partial charge in [-0.3, -0.25) is 9.20 Å².